The van der Waals surface area contributed by atoms with E-state index in [1.165, 1.54) is 32.1 Å². The maximum absolute atomic E-state index is 12.1. The van der Waals surface area contributed by atoms with Gasteiger partial charge in [-0.05, 0) is 39.3 Å². The molecule has 0 bridgehead atoms. The number of urea groups is 1. The molecule has 126 valence electrons. The third-order valence-corrected chi connectivity index (χ3v) is 5.05. The zero-order valence-corrected chi connectivity index (χ0v) is 13.9. The Morgan fingerprint density at radius 3 is 2.59 bits per heavy atom. The van der Waals surface area contributed by atoms with E-state index in [-0.39, 0.29) is 24.6 Å². The van der Waals surface area contributed by atoms with Gasteiger partial charge in [-0.3, -0.25) is 0 Å². The Labute approximate surface area is 134 Å². The Hall–Kier alpha value is -1.07. The van der Waals surface area contributed by atoms with Crippen LogP contribution in [0.25, 0.3) is 0 Å². The molecule has 3 N–H and O–H groups in total. The van der Waals surface area contributed by atoms with Crippen molar-refractivity contribution in [1.29, 1.82) is 0 Å². The number of carbonyl (C=O) groups is 1. The Balaban J connectivity index is 1.74. The van der Waals surface area contributed by atoms with Crippen molar-refractivity contribution in [3.63, 3.8) is 0 Å². The van der Waals surface area contributed by atoms with Gasteiger partial charge in [0.25, 0.3) is 0 Å². The molecule has 0 aromatic heterocycles. The molecule has 2 rings (SSSR count). The summed E-state index contributed by atoms with van der Waals surface area (Å²) < 4.78 is 0. The molecule has 2 aliphatic carbocycles. The summed E-state index contributed by atoms with van der Waals surface area (Å²) >= 11 is 0. The molecular weight excluding hydrogens is 278 g/mol. The van der Waals surface area contributed by atoms with Gasteiger partial charge in [-0.25, -0.2) is 4.79 Å². The predicted molar refractivity (Wildman–Crippen MR) is 88.7 cm³/mol. The van der Waals surface area contributed by atoms with Crippen LogP contribution in [0.5, 0.6) is 0 Å². The van der Waals surface area contributed by atoms with E-state index in [2.05, 4.69) is 29.6 Å². The van der Waals surface area contributed by atoms with Crippen molar-refractivity contribution >= 4 is 6.03 Å². The molecule has 2 amide bonds. The minimum Gasteiger partial charge on any atom is -0.396 e. The second kappa shape index (κ2) is 8.53. The van der Waals surface area contributed by atoms with Crippen LogP contribution >= 0.6 is 0 Å². The Morgan fingerprint density at radius 1 is 1.27 bits per heavy atom. The topological polar surface area (TPSA) is 64.6 Å². The van der Waals surface area contributed by atoms with Crippen LogP contribution in [-0.4, -0.2) is 55.4 Å². The van der Waals surface area contributed by atoms with E-state index in [0.29, 0.717) is 18.5 Å². The highest BCUT2D eigenvalue weighted by atomic mass is 16.3. The number of aliphatic hydroxyl groups is 1. The average molecular weight is 309 g/mol. The number of rotatable bonds is 6. The summed E-state index contributed by atoms with van der Waals surface area (Å²) in [4.78, 5) is 14.3. The zero-order chi connectivity index (χ0) is 15.9. The molecule has 0 spiro atoms. The number of hydrogen-bond donors (Lipinski definition) is 3. The number of likely N-dealkylation sites (N-methyl/N-ethyl adjacent to an activating group) is 1. The van der Waals surface area contributed by atoms with E-state index in [9.17, 15) is 4.79 Å². The Bertz CT molecular complexity index is 378. The molecule has 5 nitrogen and oxygen atoms in total. The Morgan fingerprint density at radius 2 is 2.00 bits per heavy atom. The minimum absolute atomic E-state index is 0.0460. The summed E-state index contributed by atoms with van der Waals surface area (Å²) in [6.45, 7) is 0.851. The molecule has 0 heterocycles. The normalized spacial score (nSPS) is 27.1. The molecule has 1 unspecified atom stereocenters. The van der Waals surface area contributed by atoms with E-state index in [1.54, 1.807) is 0 Å². The molecule has 1 fully saturated rings. The molecule has 0 saturated heterocycles. The molecule has 1 saturated carbocycles. The van der Waals surface area contributed by atoms with Crippen LogP contribution in [0.3, 0.4) is 0 Å². The molecule has 22 heavy (non-hydrogen) atoms. The fourth-order valence-corrected chi connectivity index (χ4v) is 3.72. The van der Waals surface area contributed by atoms with E-state index in [1.807, 2.05) is 12.2 Å². The van der Waals surface area contributed by atoms with Crippen LogP contribution in [0.1, 0.15) is 38.5 Å². The van der Waals surface area contributed by atoms with Gasteiger partial charge in [0.1, 0.15) is 0 Å². The van der Waals surface area contributed by atoms with Crippen molar-refractivity contribution in [2.75, 3.05) is 27.2 Å². The van der Waals surface area contributed by atoms with Gasteiger partial charge in [0, 0.05) is 31.2 Å². The van der Waals surface area contributed by atoms with Crippen molar-refractivity contribution in [1.82, 2.24) is 15.5 Å². The maximum atomic E-state index is 12.1. The van der Waals surface area contributed by atoms with E-state index < -0.39 is 0 Å². The standard InChI is InChI=1S/C17H31N3O2/c1-20(2)16(14-6-4-3-5-7-14)11-18-17(22)19-15-9-8-13(10-15)12-21/h8-9,13-16,21H,3-7,10-12H2,1-2H3,(H2,18,19,22)/t13-,15+,16?/m0/s1. The number of nitrogens with zero attached hydrogens (tertiary/aromatic N) is 1. The van der Waals surface area contributed by atoms with Crippen molar-refractivity contribution in [3.8, 4) is 0 Å². The fourth-order valence-electron chi connectivity index (χ4n) is 3.72. The second-order valence-corrected chi connectivity index (χ2v) is 6.95. The third kappa shape index (κ3) is 4.99. The lowest BCUT2D eigenvalue weighted by Gasteiger charge is -2.35. The monoisotopic (exact) mass is 309 g/mol. The van der Waals surface area contributed by atoms with Crippen molar-refractivity contribution < 1.29 is 9.90 Å². The van der Waals surface area contributed by atoms with Crippen LogP contribution in [0.15, 0.2) is 12.2 Å². The lowest BCUT2D eigenvalue weighted by Crippen LogP contribution is -2.49. The first kappa shape index (κ1) is 17.3. The second-order valence-electron chi connectivity index (χ2n) is 6.95. The van der Waals surface area contributed by atoms with Gasteiger partial charge in [-0.15, -0.1) is 0 Å². The van der Waals surface area contributed by atoms with Gasteiger partial charge in [-0.1, -0.05) is 31.4 Å². The van der Waals surface area contributed by atoms with Crippen molar-refractivity contribution in [2.24, 2.45) is 11.8 Å². The smallest absolute Gasteiger partial charge is 0.315 e. The molecule has 2 aliphatic rings. The summed E-state index contributed by atoms with van der Waals surface area (Å²) in [6.07, 6.45) is 11.3. The largest absolute Gasteiger partial charge is 0.396 e. The summed E-state index contributed by atoms with van der Waals surface area (Å²) in [5, 5.41) is 15.1. The van der Waals surface area contributed by atoms with E-state index in [4.69, 9.17) is 5.11 Å². The van der Waals surface area contributed by atoms with Crippen LogP contribution < -0.4 is 10.6 Å². The highest BCUT2D eigenvalue weighted by Crippen LogP contribution is 2.28. The van der Waals surface area contributed by atoms with Crippen LogP contribution in [0, 0.1) is 11.8 Å². The molecule has 3 atom stereocenters. The minimum atomic E-state index is -0.101. The van der Waals surface area contributed by atoms with Gasteiger partial charge < -0.3 is 20.6 Å². The van der Waals surface area contributed by atoms with Gasteiger partial charge >= 0.3 is 6.03 Å². The summed E-state index contributed by atoms with van der Waals surface area (Å²) in [5.74, 6) is 0.872. The lowest BCUT2D eigenvalue weighted by molar-refractivity contribution is 0.165. The molecule has 0 aromatic carbocycles. The van der Waals surface area contributed by atoms with Crippen LogP contribution in [0.4, 0.5) is 4.79 Å². The number of hydrogen-bond acceptors (Lipinski definition) is 3. The third-order valence-electron chi connectivity index (χ3n) is 5.05. The summed E-state index contributed by atoms with van der Waals surface area (Å²) in [5.41, 5.74) is 0. The predicted octanol–water partition coefficient (Wildman–Crippen LogP) is 1.73. The van der Waals surface area contributed by atoms with Crippen LogP contribution in [0.2, 0.25) is 0 Å². The van der Waals surface area contributed by atoms with E-state index >= 15 is 0 Å². The fraction of sp³-hybridized carbons (Fsp3) is 0.824. The number of nitrogens with one attached hydrogen (secondary N) is 2. The molecule has 0 aliphatic heterocycles. The summed E-state index contributed by atoms with van der Waals surface area (Å²) in [6, 6.07) is 0.357. The van der Waals surface area contributed by atoms with Crippen molar-refractivity contribution in [3.05, 3.63) is 12.2 Å². The number of aliphatic hydroxyl groups excluding tert-OH is 1. The van der Waals surface area contributed by atoms with Crippen molar-refractivity contribution in [2.45, 2.75) is 50.6 Å². The molecule has 0 radical (unpaired) electrons. The Kier molecular flexibility index (Phi) is 6.70. The quantitative estimate of drug-likeness (QED) is 0.655. The maximum Gasteiger partial charge on any atom is 0.315 e. The lowest BCUT2D eigenvalue weighted by atomic mass is 9.83. The first-order valence-corrected chi connectivity index (χ1v) is 8.60. The van der Waals surface area contributed by atoms with Gasteiger partial charge in [0.2, 0.25) is 0 Å². The number of carbonyl (C=O) groups excluding carboxylic acids is 1. The highest BCUT2D eigenvalue weighted by Gasteiger charge is 2.26. The SMILES string of the molecule is CN(C)C(CNC(=O)N[C@@H]1C=C[C@H](CO)C1)C1CCCCC1. The first-order chi connectivity index (χ1) is 10.6. The summed E-state index contributed by atoms with van der Waals surface area (Å²) in [7, 11) is 4.20. The molecule has 5 heteroatoms. The number of amides is 2. The van der Waals surface area contributed by atoms with Gasteiger partial charge in [0.05, 0.1) is 0 Å². The average Bonchev–Trinajstić information content (AvgIpc) is 2.95. The molecule has 0 aromatic rings. The first-order valence-electron chi connectivity index (χ1n) is 8.60. The molecular formula is C17H31N3O2. The van der Waals surface area contributed by atoms with Crippen LogP contribution in [-0.2, 0) is 0 Å². The highest BCUT2D eigenvalue weighted by molar-refractivity contribution is 5.74. The van der Waals surface area contributed by atoms with E-state index in [0.717, 1.165) is 6.42 Å². The van der Waals surface area contributed by atoms with Gasteiger partial charge in [-0.2, -0.15) is 0 Å². The van der Waals surface area contributed by atoms with Gasteiger partial charge in [0.15, 0.2) is 0 Å². The zero-order valence-electron chi connectivity index (χ0n) is 13.9.